The van der Waals surface area contributed by atoms with Crippen molar-refractivity contribution in [2.24, 2.45) is 0 Å². The van der Waals surface area contributed by atoms with E-state index in [2.05, 4.69) is 21.2 Å². The average molecular weight is 564 g/mol. The number of halogens is 2. The van der Waals surface area contributed by atoms with Crippen LogP contribution in [0.2, 0.25) is 5.02 Å². The summed E-state index contributed by atoms with van der Waals surface area (Å²) < 4.78 is 29.2. The van der Waals surface area contributed by atoms with E-state index in [9.17, 15) is 13.2 Å². The predicted molar refractivity (Wildman–Crippen MR) is 142 cm³/mol. The van der Waals surface area contributed by atoms with Crippen LogP contribution >= 0.6 is 27.5 Å². The van der Waals surface area contributed by atoms with Crippen LogP contribution in [0, 0.1) is 6.92 Å². The molecule has 0 aliphatic rings. The lowest BCUT2D eigenvalue weighted by molar-refractivity contribution is -0.116. The van der Waals surface area contributed by atoms with Crippen LogP contribution in [-0.4, -0.2) is 25.2 Å². The Bertz CT molecular complexity index is 1250. The highest BCUT2D eigenvalue weighted by atomic mass is 79.9. The first kappa shape index (κ1) is 26.4. The zero-order valence-corrected chi connectivity index (χ0v) is 22.6. The lowest BCUT2D eigenvalue weighted by Gasteiger charge is -2.24. The standard InChI is InChI=1S/C26H28BrClN2O3S/c1-4-19-14-22(27)15-20(5-2)26(19)29-25(31)17-30(16-21-9-7-6-8-18(21)3)34(32,33)24-12-10-23(28)11-13-24/h6-15H,4-5,16-17H2,1-3H3,(H,29,31). The van der Waals surface area contributed by atoms with Gasteiger partial charge in [0.1, 0.15) is 0 Å². The molecule has 0 radical (unpaired) electrons. The fourth-order valence-electron chi connectivity index (χ4n) is 3.74. The number of benzene rings is 3. The second-order valence-electron chi connectivity index (χ2n) is 8.01. The summed E-state index contributed by atoms with van der Waals surface area (Å²) in [6, 6.07) is 17.5. The van der Waals surface area contributed by atoms with E-state index >= 15 is 0 Å². The molecule has 1 N–H and O–H groups in total. The molecule has 0 aliphatic heterocycles. The van der Waals surface area contributed by atoms with E-state index in [4.69, 9.17) is 11.6 Å². The zero-order valence-electron chi connectivity index (χ0n) is 19.4. The molecular weight excluding hydrogens is 536 g/mol. The molecule has 0 atom stereocenters. The summed E-state index contributed by atoms with van der Waals surface area (Å²) in [5.41, 5.74) is 4.52. The average Bonchev–Trinajstić information content (AvgIpc) is 2.81. The fourth-order valence-corrected chi connectivity index (χ4v) is 5.79. The molecule has 0 unspecified atom stereocenters. The number of amides is 1. The topological polar surface area (TPSA) is 66.5 Å². The largest absolute Gasteiger partial charge is 0.324 e. The summed E-state index contributed by atoms with van der Waals surface area (Å²) in [6.45, 7) is 5.72. The van der Waals surface area contributed by atoms with Crippen molar-refractivity contribution in [3.8, 4) is 0 Å². The van der Waals surface area contributed by atoms with Gasteiger partial charge in [-0.15, -0.1) is 0 Å². The van der Waals surface area contributed by atoms with Gasteiger partial charge in [0.2, 0.25) is 15.9 Å². The molecule has 0 saturated heterocycles. The van der Waals surface area contributed by atoms with Crippen molar-refractivity contribution < 1.29 is 13.2 Å². The van der Waals surface area contributed by atoms with E-state index in [0.717, 1.165) is 45.3 Å². The number of nitrogens with one attached hydrogen (secondary N) is 1. The number of rotatable bonds is 9. The summed E-state index contributed by atoms with van der Waals surface area (Å²) >= 11 is 9.49. The van der Waals surface area contributed by atoms with Crippen molar-refractivity contribution in [1.29, 1.82) is 0 Å². The normalized spacial score (nSPS) is 11.6. The third-order valence-corrected chi connectivity index (χ3v) is 8.19. The summed E-state index contributed by atoms with van der Waals surface area (Å²) in [5, 5.41) is 3.43. The Hall–Kier alpha value is -2.19. The van der Waals surface area contributed by atoms with E-state index in [1.165, 1.54) is 28.6 Å². The molecule has 0 bridgehead atoms. The van der Waals surface area contributed by atoms with Crippen LogP contribution in [-0.2, 0) is 34.2 Å². The summed E-state index contributed by atoms with van der Waals surface area (Å²) in [6.07, 6.45) is 1.47. The van der Waals surface area contributed by atoms with Gasteiger partial charge in [0.15, 0.2) is 0 Å². The highest BCUT2D eigenvalue weighted by molar-refractivity contribution is 9.10. The Labute approximate surface area is 215 Å². The third-order valence-electron chi connectivity index (χ3n) is 5.67. The molecule has 0 saturated carbocycles. The number of hydrogen-bond donors (Lipinski definition) is 1. The molecule has 5 nitrogen and oxygen atoms in total. The van der Waals surface area contributed by atoms with Gasteiger partial charge in [-0.1, -0.05) is 65.6 Å². The Morgan fingerprint density at radius 3 is 2.12 bits per heavy atom. The maximum Gasteiger partial charge on any atom is 0.243 e. The minimum absolute atomic E-state index is 0.0761. The molecule has 3 aromatic rings. The lowest BCUT2D eigenvalue weighted by Crippen LogP contribution is -2.38. The maximum atomic E-state index is 13.5. The van der Waals surface area contributed by atoms with Gasteiger partial charge in [0, 0.05) is 21.7 Å². The van der Waals surface area contributed by atoms with E-state index in [-0.39, 0.29) is 18.0 Å². The highest BCUT2D eigenvalue weighted by Gasteiger charge is 2.28. The lowest BCUT2D eigenvalue weighted by atomic mass is 10.0. The summed E-state index contributed by atoms with van der Waals surface area (Å²) in [4.78, 5) is 13.3. The van der Waals surface area contributed by atoms with Crippen LogP contribution in [0.1, 0.15) is 36.1 Å². The number of anilines is 1. The minimum atomic E-state index is -3.95. The first-order valence-electron chi connectivity index (χ1n) is 11.1. The second-order valence-corrected chi connectivity index (χ2v) is 11.3. The van der Waals surface area contributed by atoms with Crippen LogP contribution in [0.4, 0.5) is 5.69 Å². The molecule has 0 fully saturated rings. The third kappa shape index (κ3) is 6.27. The molecule has 0 aliphatic carbocycles. The Morgan fingerprint density at radius 2 is 1.56 bits per heavy atom. The zero-order chi connectivity index (χ0) is 24.9. The summed E-state index contributed by atoms with van der Waals surface area (Å²) in [5.74, 6) is -0.391. The maximum absolute atomic E-state index is 13.5. The van der Waals surface area contributed by atoms with E-state index in [1.54, 1.807) is 0 Å². The molecule has 180 valence electrons. The monoisotopic (exact) mass is 562 g/mol. The Balaban J connectivity index is 1.95. The van der Waals surface area contributed by atoms with Gasteiger partial charge in [-0.05, 0) is 78.4 Å². The molecule has 0 aromatic heterocycles. The van der Waals surface area contributed by atoms with Crippen LogP contribution in [0.25, 0.3) is 0 Å². The SMILES string of the molecule is CCc1cc(Br)cc(CC)c1NC(=O)CN(Cc1ccccc1C)S(=O)(=O)c1ccc(Cl)cc1. The molecule has 1 amide bonds. The van der Waals surface area contributed by atoms with Gasteiger partial charge < -0.3 is 5.32 Å². The minimum Gasteiger partial charge on any atom is -0.324 e. The second kappa shape index (κ2) is 11.5. The molecule has 3 rings (SSSR count). The van der Waals surface area contributed by atoms with Gasteiger partial charge in [-0.2, -0.15) is 4.31 Å². The number of aryl methyl sites for hydroxylation is 3. The van der Waals surface area contributed by atoms with Crippen molar-refractivity contribution in [1.82, 2.24) is 4.31 Å². The van der Waals surface area contributed by atoms with E-state index in [0.29, 0.717) is 5.02 Å². The first-order chi connectivity index (χ1) is 16.1. The van der Waals surface area contributed by atoms with Gasteiger partial charge in [0.05, 0.1) is 11.4 Å². The predicted octanol–water partition coefficient (Wildman–Crippen LogP) is 6.37. The quantitative estimate of drug-likeness (QED) is 0.329. The van der Waals surface area contributed by atoms with Crippen molar-refractivity contribution >= 4 is 49.1 Å². The number of sulfonamides is 1. The molecule has 0 heterocycles. The highest BCUT2D eigenvalue weighted by Crippen LogP contribution is 2.28. The number of nitrogens with zero attached hydrogens (tertiary/aromatic N) is 1. The van der Waals surface area contributed by atoms with Crippen molar-refractivity contribution in [2.75, 3.05) is 11.9 Å². The first-order valence-corrected chi connectivity index (χ1v) is 13.7. The molecular formula is C26H28BrClN2O3S. The van der Waals surface area contributed by atoms with Crippen molar-refractivity contribution in [3.63, 3.8) is 0 Å². The van der Waals surface area contributed by atoms with E-state index in [1.807, 2.05) is 57.2 Å². The van der Waals surface area contributed by atoms with Crippen molar-refractivity contribution in [3.05, 3.63) is 92.4 Å². The van der Waals surface area contributed by atoms with Gasteiger partial charge >= 0.3 is 0 Å². The van der Waals surface area contributed by atoms with Crippen LogP contribution < -0.4 is 5.32 Å². The van der Waals surface area contributed by atoms with Crippen LogP contribution in [0.15, 0.2) is 70.0 Å². The Morgan fingerprint density at radius 1 is 0.971 bits per heavy atom. The fraction of sp³-hybridized carbons (Fsp3) is 0.269. The van der Waals surface area contributed by atoms with Gasteiger partial charge in [0.25, 0.3) is 0 Å². The number of carbonyl (C=O) groups is 1. The Kier molecular flexibility index (Phi) is 8.93. The number of hydrogen-bond acceptors (Lipinski definition) is 3. The van der Waals surface area contributed by atoms with Gasteiger partial charge in [-0.3, -0.25) is 4.79 Å². The smallest absolute Gasteiger partial charge is 0.243 e. The molecule has 8 heteroatoms. The summed E-state index contributed by atoms with van der Waals surface area (Å²) in [7, 11) is -3.95. The number of carbonyl (C=O) groups excluding carboxylic acids is 1. The van der Waals surface area contributed by atoms with Crippen LogP contribution in [0.3, 0.4) is 0 Å². The van der Waals surface area contributed by atoms with Crippen molar-refractivity contribution in [2.45, 2.75) is 45.1 Å². The molecule has 34 heavy (non-hydrogen) atoms. The van der Waals surface area contributed by atoms with Crippen LogP contribution in [0.5, 0.6) is 0 Å². The molecule has 0 spiro atoms. The van der Waals surface area contributed by atoms with E-state index < -0.39 is 15.9 Å². The molecule has 3 aromatic carbocycles. The van der Waals surface area contributed by atoms with Gasteiger partial charge in [-0.25, -0.2) is 8.42 Å².